The van der Waals surface area contributed by atoms with Crippen molar-refractivity contribution in [2.24, 2.45) is 0 Å². The highest BCUT2D eigenvalue weighted by molar-refractivity contribution is 5.68. The van der Waals surface area contributed by atoms with Gasteiger partial charge >= 0.3 is 0 Å². The van der Waals surface area contributed by atoms with E-state index in [-0.39, 0.29) is 0 Å². The lowest BCUT2D eigenvalue weighted by atomic mass is 9.60. The van der Waals surface area contributed by atoms with E-state index in [4.69, 9.17) is 9.47 Å². The third-order valence-electron chi connectivity index (χ3n) is 5.60. The Balaban J connectivity index is 1.67. The number of rotatable bonds is 3. The second kappa shape index (κ2) is 5.77. The Kier molecular flexibility index (Phi) is 3.39. The number of para-hydroxylation sites is 1. The minimum Gasteiger partial charge on any atom is -0.493 e. The fraction of sp³-hybridized carbons (Fsp3) is 0.167. The van der Waals surface area contributed by atoms with Crippen LogP contribution in [0.15, 0.2) is 84.4 Å². The summed E-state index contributed by atoms with van der Waals surface area (Å²) in [5.41, 5.74) is 4.56. The topological polar surface area (TPSA) is 18.5 Å². The maximum Gasteiger partial charge on any atom is 0.166 e. The number of ether oxygens (including phenoxy) is 2. The Morgan fingerprint density at radius 3 is 2.38 bits per heavy atom. The summed E-state index contributed by atoms with van der Waals surface area (Å²) in [5, 5.41) is 0. The average molecular weight is 340 g/mol. The molecule has 1 fully saturated rings. The lowest BCUT2D eigenvalue weighted by molar-refractivity contribution is 0.0558. The molecule has 3 aromatic carbocycles. The van der Waals surface area contributed by atoms with Crippen LogP contribution < -0.4 is 9.47 Å². The van der Waals surface area contributed by atoms with Gasteiger partial charge in [0.05, 0.1) is 7.11 Å². The monoisotopic (exact) mass is 340 g/mol. The molecule has 0 unspecified atom stereocenters. The van der Waals surface area contributed by atoms with Gasteiger partial charge in [0.15, 0.2) is 17.1 Å². The molecular formula is C24H20O2. The zero-order valence-corrected chi connectivity index (χ0v) is 14.7. The summed E-state index contributed by atoms with van der Waals surface area (Å²) < 4.78 is 12.3. The summed E-state index contributed by atoms with van der Waals surface area (Å²) in [6, 6.07) is 27.2. The maximum absolute atomic E-state index is 6.69. The van der Waals surface area contributed by atoms with E-state index in [0.29, 0.717) is 5.92 Å². The number of fused-ring (bicyclic) bond motifs is 3. The normalized spacial score (nSPS) is 24.3. The van der Waals surface area contributed by atoms with Crippen LogP contribution in [0.1, 0.15) is 29.0 Å². The SMILES string of the molecule is COc1cccc2c1O[C@]1(c3ccccc3)C(=Cc3ccccc3)C[C@H]21. The zero-order chi connectivity index (χ0) is 17.6. The second-order valence-corrected chi connectivity index (χ2v) is 6.92. The second-order valence-electron chi connectivity index (χ2n) is 6.92. The van der Waals surface area contributed by atoms with Crippen molar-refractivity contribution in [3.63, 3.8) is 0 Å². The highest BCUT2D eigenvalue weighted by Crippen LogP contribution is 2.66. The summed E-state index contributed by atoms with van der Waals surface area (Å²) in [4.78, 5) is 0. The first-order valence-corrected chi connectivity index (χ1v) is 9.00. The van der Waals surface area contributed by atoms with Crippen LogP contribution in [-0.2, 0) is 5.60 Å². The first-order chi connectivity index (χ1) is 12.8. The Bertz CT molecular complexity index is 976. The zero-order valence-electron chi connectivity index (χ0n) is 14.7. The van der Waals surface area contributed by atoms with Crippen LogP contribution in [0, 0.1) is 0 Å². The highest BCUT2D eigenvalue weighted by atomic mass is 16.5. The molecule has 0 saturated heterocycles. The van der Waals surface area contributed by atoms with Crippen molar-refractivity contribution in [2.75, 3.05) is 7.11 Å². The van der Waals surface area contributed by atoms with Gasteiger partial charge in [0, 0.05) is 17.0 Å². The maximum atomic E-state index is 6.69. The molecule has 1 saturated carbocycles. The van der Waals surface area contributed by atoms with E-state index in [1.807, 2.05) is 12.1 Å². The smallest absolute Gasteiger partial charge is 0.166 e. The van der Waals surface area contributed by atoms with Crippen LogP contribution in [0.4, 0.5) is 0 Å². The molecule has 2 aliphatic rings. The van der Waals surface area contributed by atoms with Gasteiger partial charge in [-0.05, 0) is 23.6 Å². The molecule has 0 amide bonds. The fourth-order valence-electron chi connectivity index (χ4n) is 4.36. The molecule has 26 heavy (non-hydrogen) atoms. The third kappa shape index (κ3) is 2.05. The Morgan fingerprint density at radius 2 is 1.65 bits per heavy atom. The summed E-state index contributed by atoms with van der Waals surface area (Å²) in [6.45, 7) is 0. The molecule has 0 radical (unpaired) electrons. The predicted octanol–water partition coefficient (Wildman–Crippen LogP) is 5.55. The van der Waals surface area contributed by atoms with Crippen molar-refractivity contribution >= 4 is 6.08 Å². The molecule has 1 aliphatic heterocycles. The van der Waals surface area contributed by atoms with Crippen LogP contribution in [0.3, 0.4) is 0 Å². The van der Waals surface area contributed by atoms with E-state index in [1.165, 1.54) is 22.3 Å². The third-order valence-corrected chi connectivity index (χ3v) is 5.60. The first-order valence-electron chi connectivity index (χ1n) is 9.00. The van der Waals surface area contributed by atoms with Crippen molar-refractivity contribution in [2.45, 2.75) is 17.9 Å². The Hall–Kier alpha value is -3.00. The van der Waals surface area contributed by atoms with Crippen LogP contribution in [-0.4, -0.2) is 7.11 Å². The highest BCUT2D eigenvalue weighted by Gasteiger charge is 2.60. The van der Waals surface area contributed by atoms with Crippen LogP contribution in [0.5, 0.6) is 11.5 Å². The quantitative estimate of drug-likeness (QED) is 0.622. The van der Waals surface area contributed by atoms with Crippen LogP contribution in [0.2, 0.25) is 0 Å². The van der Waals surface area contributed by atoms with Gasteiger partial charge in [-0.25, -0.2) is 0 Å². The van der Waals surface area contributed by atoms with Crippen molar-refractivity contribution in [1.82, 2.24) is 0 Å². The van der Waals surface area contributed by atoms with Crippen LogP contribution in [0.25, 0.3) is 6.08 Å². The Morgan fingerprint density at radius 1 is 0.923 bits per heavy atom. The minimum absolute atomic E-state index is 0.324. The molecule has 0 spiro atoms. The van der Waals surface area contributed by atoms with Crippen LogP contribution >= 0.6 is 0 Å². The molecule has 5 rings (SSSR count). The van der Waals surface area contributed by atoms with Gasteiger partial charge in [-0.1, -0.05) is 78.9 Å². The molecule has 1 aliphatic carbocycles. The molecular weight excluding hydrogens is 320 g/mol. The van der Waals surface area contributed by atoms with E-state index in [9.17, 15) is 0 Å². The van der Waals surface area contributed by atoms with Crippen molar-refractivity contribution in [1.29, 1.82) is 0 Å². The standard InChI is InChI=1S/C24H20O2/c1-25-22-14-8-13-20-21-16-19(15-17-9-4-2-5-10-17)24(21,26-23(20)22)18-11-6-3-7-12-18/h2-15,21H,16H2,1H3/t21-,24-/m1/s1. The lowest BCUT2D eigenvalue weighted by Gasteiger charge is -2.46. The number of benzene rings is 3. The molecule has 2 heteroatoms. The number of hydrogen-bond acceptors (Lipinski definition) is 2. The van der Waals surface area contributed by atoms with Gasteiger partial charge < -0.3 is 9.47 Å². The van der Waals surface area contributed by atoms with E-state index in [2.05, 4.69) is 72.8 Å². The van der Waals surface area contributed by atoms with Gasteiger partial charge in [0.25, 0.3) is 0 Å². The Labute approximate surface area is 153 Å². The number of methoxy groups -OCH3 is 1. The predicted molar refractivity (Wildman–Crippen MR) is 104 cm³/mol. The molecule has 0 bridgehead atoms. The fourth-order valence-corrected chi connectivity index (χ4v) is 4.36. The van der Waals surface area contributed by atoms with Crippen molar-refractivity contribution in [3.05, 3.63) is 101 Å². The molecule has 128 valence electrons. The van der Waals surface area contributed by atoms with Gasteiger partial charge in [0.1, 0.15) is 0 Å². The summed E-state index contributed by atoms with van der Waals surface area (Å²) >= 11 is 0. The van der Waals surface area contributed by atoms with Gasteiger partial charge in [0.2, 0.25) is 0 Å². The van der Waals surface area contributed by atoms with E-state index < -0.39 is 5.60 Å². The van der Waals surface area contributed by atoms with E-state index in [0.717, 1.165) is 17.9 Å². The summed E-state index contributed by atoms with van der Waals surface area (Å²) in [5.74, 6) is 2.02. The van der Waals surface area contributed by atoms with Gasteiger partial charge in [-0.2, -0.15) is 0 Å². The molecule has 0 N–H and O–H groups in total. The van der Waals surface area contributed by atoms with E-state index in [1.54, 1.807) is 7.11 Å². The number of hydrogen-bond donors (Lipinski definition) is 0. The van der Waals surface area contributed by atoms with E-state index >= 15 is 0 Å². The first kappa shape index (κ1) is 15.3. The molecule has 0 aromatic heterocycles. The van der Waals surface area contributed by atoms with Crippen molar-refractivity contribution in [3.8, 4) is 11.5 Å². The molecule has 3 aromatic rings. The summed E-state index contributed by atoms with van der Waals surface area (Å²) in [6.07, 6.45) is 3.28. The van der Waals surface area contributed by atoms with Gasteiger partial charge in [-0.3, -0.25) is 0 Å². The van der Waals surface area contributed by atoms with Crippen molar-refractivity contribution < 1.29 is 9.47 Å². The molecule has 2 atom stereocenters. The summed E-state index contributed by atoms with van der Waals surface area (Å²) in [7, 11) is 1.70. The molecule has 2 nitrogen and oxygen atoms in total. The average Bonchev–Trinajstić information content (AvgIpc) is 2.97. The van der Waals surface area contributed by atoms with Gasteiger partial charge in [-0.15, -0.1) is 0 Å². The minimum atomic E-state index is -0.423. The largest absolute Gasteiger partial charge is 0.493 e. The lowest BCUT2D eigenvalue weighted by Crippen LogP contribution is -2.46. The molecule has 1 heterocycles.